The maximum atomic E-state index is 12.8. The van der Waals surface area contributed by atoms with Crippen LogP contribution in [0.25, 0.3) is 0 Å². The van der Waals surface area contributed by atoms with Crippen molar-refractivity contribution in [2.75, 3.05) is 5.73 Å². The largest absolute Gasteiger partial charge is 0.375 e. The molecule has 0 bridgehead atoms. The number of nitrogens with zero attached hydrogens (tertiary/aromatic N) is 1. The number of hydrogen-bond donors (Lipinski definition) is 4. The standard InChI is InChI=1S/C19H19Cl2N5O2S/c1-10-4-5-23-16(10)18(28)26-15(7-11-2-3-13(20)14(21)6-11)17(27)24-8-12-9-25-19(22)29-12/h2-6,9,15,23H,7-8H2,1H3,(H2,22,25)(H,24,27)(H,26,28)/t15-/m0/s1. The van der Waals surface area contributed by atoms with Crippen molar-refractivity contribution in [1.82, 2.24) is 20.6 Å². The third kappa shape index (κ3) is 5.50. The van der Waals surface area contributed by atoms with Crippen molar-refractivity contribution in [3.05, 3.63) is 68.4 Å². The summed E-state index contributed by atoms with van der Waals surface area (Å²) in [5.74, 6) is -0.699. The van der Waals surface area contributed by atoms with Crippen LogP contribution in [0.4, 0.5) is 5.13 Å². The molecule has 0 radical (unpaired) electrons. The Labute approximate surface area is 181 Å². The Hall–Kier alpha value is -2.55. The molecule has 29 heavy (non-hydrogen) atoms. The molecule has 0 aliphatic carbocycles. The highest BCUT2D eigenvalue weighted by Gasteiger charge is 2.23. The van der Waals surface area contributed by atoms with Crippen molar-refractivity contribution < 1.29 is 9.59 Å². The molecule has 152 valence electrons. The van der Waals surface area contributed by atoms with Crippen LogP contribution in [0.15, 0.2) is 36.7 Å². The molecule has 0 unspecified atom stereocenters. The number of aromatic amines is 1. The molecule has 3 rings (SSSR count). The van der Waals surface area contributed by atoms with E-state index < -0.39 is 6.04 Å². The van der Waals surface area contributed by atoms with Gasteiger partial charge in [0.25, 0.3) is 5.91 Å². The molecular weight excluding hydrogens is 433 g/mol. The Morgan fingerprint density at radius 3 is 2.69 bits per heavy atom. The fraction of sp³-hybridized carbons (Fsp3) is 0.211. The summed E-state index contributed by atoms with van der Waals surface area (Å²) in [6.07, 6.45) is 3.53. The predicted octanol–water partition coefficient (Wildman–Crippen LogP) is 3.33. The lowest BCUT2D eigenvalue weighted by Gasteiger charge is -2.19. The molecular formula is C19H19Cl2N5O2S. The second kappa shape index (κ2) is 9.30. The van der Waals surface area contributed by atoms with Crippen LogP contribution in [0.5, 0.6) is 0 Å². The SMILES string of the molecule is Cc1cc[nH]c1C(=O)N[C@@H](Cc1ccc(Cl)c(Cl)c1)C(=O)NCc1cnc(N)s1. The normalized spacial score (nSPS) is 11.8. The number of nitrogen functional groups attached to an aromatic ring is 1. The number of thiazole rings is 1. The molecule has 2 amide bonds. The van der Waals surface area contributed by atoms with Crippen LogP contribution in [0.1, 0.15) is 26.5 Å². The number of hydrogen-bond acceptors (Lipinski definition) is 5. The number of anilines is 1. The Balaban J connectivity index is 1.75. The zero-order valence-corrected chi connectivity index (χ0v) is 17.8. The van der Waals surface area contributed by atoms with Gasteiger partial charge in [0, 0.05) is 23.7 Å². The highest BCUT2D eigenvalue weighted by molar-refractivity contribution is 7.15. The zero-order chi connectivity index (χ0) is 21.0. The van der Waals surface area contributed by atoms with Crippen molar-refractivity contribution >= 4 is 51.5 Å². The molecule has 1 atom stereocenters. The Morgan fingerprint density at radius 1 is 1.28 bits per heavy atom. The van der Waals surface area contributed by atoms with Crippen LogP contribution in [-0.4, -0.2) is 27.8 Å². The summed E-state index contributed by atoms with van der Waals surface area (Å²) in [5.41, 5.74) is 7.58. The summed E-state index contributed by atoms with van der Waals surface area (Å²) in [5, 5.41) is 6.84. The topological polar surface area (TPSA) is 113 Å². The number of benzene rings is 1. The van der Waals surface area contributed by atoms with E-state index in [1.54, 1.807) is 36.7 Å². The lowest BCUT2D eigenvalue weighted by atomic mass is 10.0. The van der Waals surface area contributed by atoms with E-state index in [2.05, 4.69) is 20.6 Å². The van der Waals surface area contributed by atoms with E-state index in [0.29, 0.717) is 20.9 Å². The molecule has 0 aliphatic rings. The second-order valence-corrected chi connectivity index (χ2v) is 8.36. The number of nitrogens with one attached hydrogen (secondary N) is 3. The summed E-state index contributed by atoms with van der Waals surface area (Å²) < 4.78 is 0. The van der Waals surface area contributed by atoms with Crippen LogP contribution in [0.2, 0.25) is 10.0 Å². The maximum Gasteiger partial charge on any atom is 0.268 e. The molecule has 0 aliphatic heterocycles. The minimum Gasteiger partial charge on any atom is -0.375 e. The summed E-state index contributed by atoms with van der Waals surface area (Å²) in [6, 6.07) is 6.08. The van der Waals surface area contributed by atoms with Gasteiger partial charge in [0.15, 0.2) is 5.13 Å². The fourth-order valence-electron chi connectivity index (χ4n) is 2.74. The first-order chi connectivity index (χ1) is 13.8. The number of carbonyl (C=O) groups is 2. The number of aromatic nitrogens is 2. The lowest BCUT2D eigenvalue weighted by molar-refractivity contribution is -0.123. The van der Waals surface area contributed by atoms with Gasteiger partial charge >= 0.3 is 0 Å². The number of amides is 2. The molecule has 2 heterocycles. The van der Waals surface area contributed by atoms with Crippen LogP contribution in [0, 0.1) is 6.92 Å². The van der Waals surface area contributed by atoms with Gasteiger partial charge < -0.3 is 21.4 Å². The van der Waals surface area contributed by atoms with Gasteiger partial charge in [-0.15, -0.1) is 11.3 Å². The molecule has 0 spiro atoms. The Morgan fingerprint density at radius 2 is 2.07 bits per heavy atom. The third-order valence-electron chi connectivity index (χ3n) is 4.24. The van der Waals surface area contributed by atoms with Gasteiger partial charge in [-0.25, -0.2) is 4.98 Å². The average Bonchev–Trinajstić information content (AvgIpc) is 3.30. The van der Waals surface area contributed by atoms with Crippen molar-refractivity contribution in [3.63, 3.8) is 0 Å². The van der Waals surface area contributed by atoms with E-state index in [9.17, 15) is 9.59 Å². The van der Waals surface area contributed by atoms with Gasteiger partial charge in [0.1, 0.15) is 11.7 Å². The number of carbonyl (C=O) groups excluding carboxylic acids is 2. The monoisotopic (exact) mass is 451 g/mol. The molecule has 0 fully saturated rings. The van der Waals surface area contributed by atoms with E-state index in [1.165, 1.54) is 11.3 Å². The van der Waals surface area contributed by atoms with Gasteiger partial charge in [0.05, 0.1) is 16.6 Å². The smallest absolute Gasteiger partial charge is 0.268 e. The van der Waals surface area contributed by atoms with E-state index in [1.807, 2.05) is 6.92 Å². The fourth-order valence-corrected chi connectivity index (χ4v) is 3.68. The second-order valence-electron chi connectivity index (χ2n) is 6.40. The maximum absolute atomic E-state index is 12.8. The summed E-state index contributed by atoms with van der Waals surface area (Å²) in [7, 11) is 0. The molecule has 0 saturated heterocycles. The highest BCUT2D eigenvalue weighted by Crippen LogP contribution is 2.23. The minimum atomic E-state index is -0.812. The molecule has 10 heteroatoms. The van der Waals surface area contributed by atoms with Crippen molar-refractivity contribution in [3.8, 4) is 0 Å². The minimum absolute atomic E-state index is 0.249. The van der Waals surface area contributed by atoms with Gasteiger partial charge in [-0.2, -0.15) is 0 Å². The molecule has 2 aromatic heterocycles. The number of H-pyrrole nitrogens is 1. The van der Waals surface area contributed by atoms with Crippen LogP contribution in [0.3, 0.4) is 0 Å². The number of aryl methyl sites for hydroxylation is 1. The van der Waals surface area contributed by atoms with Gasteiger partial charge in [-0.1, -0.05) is 29.3 Å². The number of halogens is 2. The van der Waals surface area contributed by atoms with Crippen LogP contribution >= 0.6 is 34.5 Å². The summed E-state index contributed by atoms with van der Waals surface area (Å²) >= 11 is 13.3. The van der Waals surface area contributed by atoms with E-state index in [4.69, 9.17) is 28.9 Å². The Kier molecular flexibility index (Phi) is 6.79. The zero-order valence-electron chi connectivity index (χ0n) is 15.5. The number of rotatable bonds is 7. The molecule has 0 saturated carbocycles. The quantitative estimate of drug-likeness (QED) is 0.441. The van der Waals surface area contributed by atoms with E-state index >= 15 is 0 Å². The first-order valence-electron chi connectivity index (χ1n) is 8.70. The predicted molar refractivity (Wildman–Crippen MR) is 115 cm³/mol. The molecule has 7 nitrogen and oxygen atoms in total. The van der Waals surface area contributed by atoms with Gasteiger partial charge in [-0.3, -0.25) is 9.59 Å². The van der Waals surface area contributed by atoms with Crippen molar-refractivity contribution in [2.24, 2.45) is 0 Å². The van der Waals surface area contributed by atoms with Gasteiger partial charge in [-0.05, 0) is 36.2 Å². The Bertz CT molecular complexity index is 1030. The van der Waals surface area contributed by atoms with E-state index in [0.717, 1.165) is 16.0 Å². The number of nitrogens with two attached hydrogens (primary N) is 1. The van der Waals surface area contributed by atoms with E-state index in [-0.39, 0.29) is 24.8 Å². The summed E-state index contributed by atoms with van der Waals surface area (Å²) in [4.78, 5) is 33.1. The lowest BCUT2D eigenvalue weighted by Crippen LogP contribution is -2.48. The first-order valence-corrected chi connectivity index (χ1v) is 10.3. The van der Waals surface area contributed by atoms with Crippen molar-refractivity contribution in [1.29, 1.82) is 0 Å². The third-order valence-corrected chi connectivity index (χ3v) is 5.80. The van der Waals surface area contributed by atoms with Crippen molar-refractivity contribution in [2.45, 2.75) is 25.9 Å². The first kappa shape index (κ1) is 21.2. The summed E-state index contributed by atoms with van der Waals surface area (Å²) in [6.45, 7) is 2.08. The molecule has 5 N–H and O–H groups in total. The highest BCUT2D eigenvalue weighted by atomic mass is 35.5. The van der Waals surface area contributed by atoms with Crippen LogP contribution < -0.4 is 16.4 Å². The molecule has 3 aromatic rings. The average molecular weight is 452 g/mol. The van der Waals surface area contributed by atoms with Crippen LogP contribution in [-0.2, 0) is 17.8 Å². The molecule has 1 aromatic carbocycles. The van der Waals surface area contributed by atoms with Gasteiger partial charge in [0.2, 0.25) is 5.91 Å².